The molecule has 0 heterocycles. The number of ether oxygens (including phenoxy) is 1. The highest BCUT2D eigenvalue weighted by molar-refractivity contribution is 6.10. The lowest BCUT2D eigenvalue weighted by molar-refractivity contribution is 0.103. The van der Waals surface area contributed by atoms with Gasteiger partial charge in [0.1, 0.15) is 11.6 Å². The summed E-state index contributed by atoms with van der Waals surface area (Å²) >= 11 is 0. The summed E-state index contributed by atoms with van der Waals surface area (Å²) in [7, 11) is 1.46. The minimum Gasteiger partial charge on any atom is -0.497 e. The SMILES string of the molecule is COc1ccc(C(=O)c2cccc(C)c2C)c(F)c1. The monoisotopic (exact) mass is 258 g/mol. The topological polar surface area (TPSA) is 26.3 Å². The molecule has 0 saturated heterocycles. The number of carbonyl (C=O) groups excluding carboxylic acids is 1. The van der Waals surface area contributed by atoms with Crippen molar-refractivity contribution in [2.24, 2.45) is 0 Å². The predicted molar refractivity (Wildman–Crippen MR) is 72.3 cm³/mol. The molecule has 2 rings (SSSR count). The summed E-state index contributed by atoms with van der Waals surface area (Å²) < 4.78 is 18.8. The Bertz CT molecular complexity index is 633. The number of aryl methyl sites for hydroxylation is 1. The minimum absolute atomic E-state index is 0.0644. The summed E-state index contributed by atoms with van der Waals surface area (Å²) in [4.78, 5) is 12.4. The first-order valence-corrected chi connectivity index (χ1v) is 5.99. The molecule has 0 aliphatic rings. The van der Waals surface area contributed by atoms with Crippen molar-refractivity contribution in [2.45, 2.75) is 13.8 Å². The van der Waals surface area contributed by atoms with E-state index in [1.165, 1.54) is 19.2 Å². The van der Waals surface area contributed by atoms with Crippen molar-refractivity contribution < 1.29 is 13.9 Å². The van der Waals surface area contributed by atoms with Gasteiger partial charge >= 0.3 is 0 Å². The van der Waals surface area contributed by atoms with Crippen LogP contribution >= 0.6 is 0 Å². The van der Waals surface area contributed by atoms with Gasteiger partial charge in [0.25, 0.3) is 0 Å². The molecule has 98 valence electrons. The first-order chi connectivity index (χ1) is 9.04. The summed E-state index contributed by atoms with van der Waals surface area (Å²) in [5, 5.41) is 0. The summed E-state index contributed by atoms with van der Waals surface area (Å²) in [6.07, 6.45) is 0. The van der Waals surface area contributed by atoms with E-state index in [0.717, 1.165) is 11.1 Å². The van der Waals surface area contributed by atoms with Gasteiger partial charge in [0.2, 0.25) is 0 Å². The van der Waals surface area contributed by atoms with Crippen molar-refractivity contribution in [1.82, 2.24) is 0 Å². The fourth-order valence-corrected chi connectivity index (χ4v) is 1.95. The van der Waals surface area contributed by atoms with Gasteiger partial charge in [-0.1, -0.05) is 18.2 Å². The van der Waals surface area contributed by atoms with Crippen molar-refractivity contribution >= 4 is 5.78 Å². The molecular weight excluding hydrogens is 243 g/mol. The quantitative estimate of drug-likeness (QED) is 0.785. The lowest BCUT2D eigenvalue weighted by atomic mass is 9.96. The van der Waals surface area contributed by atoms with Gasteiger partial charge in [-0.3, -0.25) is 4.79 Å². The average Bonchev–Trinajstić information content (AvgIpc) is 2.41. The number of hydrogen-bond donors (Lipinski definition) is 0. The van der Waals surface area contributed by atoms with Crippen molar-refractivity contribution in [3.05, 3.63) is 64.5 Å². The Morgan fingerprint density at radius 2 is 1.84 bits per heavy atom. The Morgan fingerprint density at radius 3 is 2.47 bits per heavy atom. The van der Waals surface area contributed by atoms with Gasteiger partial charge in [0.15, 0.2) is 5.78 Å². The minimum atomic E-state index is -0.565. The zero-order chi connectivity index (χ0) is 14.0. The molecule has 2 aromatic rings. The van der Waals surface area contributed by atoms with Crippen molar-refractivity contribution in [3.63, 3.8) is 0 Å². The zero-order valence-corrected chi connectivity index (χ0v) is 11.2. The van der Waals surface area contributed by atoms with Crippen molar-refractivity contribution in [2.75, 3.05) is 7.11 Å². The molecule has 0 fully saturated rings. The van der Waals surface area contributed by atoms with Gasteiger partial charge in [0, 0.05) is 11.6 Å². The normalized spacial score (nSPS) is 10.3. The molecule has 0 unspecified atom stereocenters. The third kappa shape index (κ3) is 2.50. The molecule has 0 amide bonds. The number of rotatable bonds is 3. The fourth-order valence-electron chi connectivity index (χ4n) is 1.95. The van der Waals surface area contributed by atoms with Crippen LogP contribution in [0.3, 0.4) is 0 Å². The summed E-state index contributed by atoms with van der Waals surface area (Å²) in [5.41, 5.74) is 2.49. The highest BCUT2D eigenvalue weighted by atomic mass is 19.1. The van der Waals surface area contributed by atoms with Crippen molar-refractivity contribution in [1.29, 1.82) is 0 Å². The van der Waals surface area contributed by atoms with E-state index in [1.807, 2.05) is 19.9 Å². The van der Waals surface area contributed by atoms with E-state index in [0.29, 0.717) is 11.3 Å². The predicted octanol–water partition coefficient (Wildman–Crippen LogP) is 3.68. The third-order valence-corrected chi connectivity index (χ3v) is 3.27. The van der Waals surface area contributed by atoms with E-state index >= 15 is 0 Å². The standard InChI is InChI=1S/C16H15FO2/c1-10-5-4-6-13(11(10)2)16(18)14-8-7-12(19-3)9-15(14)17/h4-9H,1-3H3. The van der Waals surface area contributed by atoms with Gasteiger partial charge in [-0.05, 0) is 37.1 Å². The largest absolute Gasteiger partial charge is 0.497 e. The second kappa shape index (κ2) is 5.22. The Balaban J connectivity index is 2.47. The van der Waals surface area contributed by atoms with Crippen LogP contribution in [0.5, 0.6) is 5.75 Å². The maximum absolute atomic E-state index is 13.9. The van der Waals surface area contributed by atoms with Crippen LogP contribution in [-0.2, 0) is 0 Å². The summed E-state index contributed by atoms with van der Waals surface area (Å²) in [6.45, 7) is 3.79. The zero-order valence-electron chi connectivity index (χ0n) is 11.2. The first-order valence-electron chi connectivity index (χ1n) is 5.99. The molecule has 0 radical (unpaired) electrons. The van der Waals surface area contributed by atoms with Crippen LogP contribution in [0, 0.1) is 19.7 Å². The number of ketones is 1. The van der Waals surface area contributed by atoms with Gasteiger partial charge < -0.3 is 4.74 Å². The molecule has 2 nitrogen and oxygen atoms in total. The Morgan fingerprint density at radius 1 is 1.11 bits per heavy atom. The molecule has 0 spiro atoms. The molecule has 19 heavy (non-hydrogen) atoms. The molecule has 0 atom stereocenters. The van der Waals surface area contributed by atoms with Crippen LogP contribution in [0.4, 0.5) is 4.39 Å². The van der Waals surface area contributed by atoms with Crippen LogP contribution in [0.1, 0.15) is 27.0 Å². The second-order valence-corrected chi connectivity index (χ2v) is 4.42. The maximum atomic E-state index is 13.9. The van der Waals surface area contributed by atoms with E-state index in [-0.39, 0.29) is 11.3 Å². The van der Waals surface area contributed by atoms with Crippen LogP contribution in [0.25, 0.3) is 0 Å². The van der Waals surface area contributed by atoms with Gasteiger partial charge in [-0.2, -0.15) is 0 Å². The molecule has 0 aliphatic carbocycles. The van der Waals surface area contributed by atoms with Crippen LogP contribution in [0.2, 0.25) is 0 Å². The highest BCUT2D eigenvalue weighted by Crippen LogP contribution is 2.21. The number of hydrogen-bond acceptors (Lipinski definition) is 2. The number of halogens is 1. The van der Waals surface area contributed by atoms with E-state index in [4.69, 9.17) is 4.74 Å². The summed E-state index contributed by atoms with van der Waals surface area (Å²) in [5.74, 6) is -0.471. The number of benzene rings is 2. The lowest BCUT2D eigenvalue weighted by Gasteiger charge is -2.09. The summed E-state index contributed by atoms with van der Waals surface area (Å²) in [6, 6.07) is 9.71. The molecule has 0 aromatic heterocycles. The van der Waals surface area contributed by atoms with E-state index in [9.17, 15) is 9.18 Å². The van der Waals surface area contributed by atoms with Crippen molar-refractivity contribution in [3.8, 4) is 5.75 Å². The van der Waals surface area contributed by atoms with E-state index in [2.05, 4.69) is 0 Å². The smallest absolute Gasteiger partial charge is 0.196 e. The number of methoxy groups -OCH3 is 1. The molecule has 3 heteroatoms. The molecular formula is C16H15FO2. The number of carbonyl (C=O) groups is 1. The Hall–Kier alpha value is -2.16. The fraction of sp³-hybridized carbons (Fsp3) is 0.188. The van der Waals surface area contributed by atoms with Gasteiger partial charge in [-0.25, -0.2) is 4.39 Å². The van der Waals surface area contributed by atoms with Gasteiger partial charge in [0.05, 0.1) is 12.7 Å². The lowest BCUT2D eigenvalue weighted by Crippen LogP contribution is -2.07. The first kappa shape index (κ1) is 13.3. The van der Waals surface area contributed by atoms with Gasteiger partial charge in [-0.15, -0.1) is 0 Å². The average molecular weight is 258 g/mol. The van der Waals surface area contributed by atoms with Crippen LogP contribution < -0.4 is 4.74 Å². The Kier molecular flexibility index (Phi) is 3.65. The Labute approximate surface area is 111 Å². The molecule has 0 bridgehead atoms. The highest BCUT2D eigenvalue weighted by Gasteiger charge is 2.17. The molecule has 0 N–H and O–H groups in total. The maximum Gasteiger partial charge on any atom is 0.196 e. The molecule has 2 aromatic carbocycles. The van der Waals surface area contributed by atoms with E-state index in [1.54, 1.807) is 18.2 Å². The second-order valence-electron chi connectivity index (χ2n) is 4.42. The van der Waals surface area contributed by atoms with Crippen LogP contribution in [0.15, 0.2) is 36.4 Å². The molecule has 0 aliphatic heterocycles. The van der Waals surface area contributed by atoms with E-state index < -0.39 is 5.82 Å². The van der Waals surface area contributed by atoms with Crippen LogP contribution in [-0.4, -0.2) is 12.9 Å². The third-order valence-electron chi connectivity index (χ3n) is 3.27. The molecule has 0 saturated carbocycles.